The first-order valence-electron chi connectivity index (χ1n) is 7.92. The van der Waals surface area contributed by atoms with E-state index in [9.17, 15) is 9.59 Å². The van der Waals surface area contributed by atoms with Crippen LogP contribution < -0.4 is 5.32 Å². The van der Waals surface area contributed by atoms with Crippen molar-refractivity contribution in [3.8, 4) is 0 Å². The minimum atomic E-state index is -1.88. The van der Waals surface area contributed by atoms with Gasteiger partial charge in [-0.2, -0.15) is 0 Å². The van der Waals surface area contributed by atoms with E-state index in [1.54, 1.807) is 0 Å². The zero-order chi connectivity index (χ0) is 18.5. The average Bonchev–Trinajstić information content (AvgIpc) is 2.28. The summed E-state index contributed by atoms with van der Waals surface area (Å²) < 4.78 is 11.4. The highest BCUT2D eigenvalue weighted by Crippen LogP contribution is 2.36. The summed E-state index contributed by atoms with van der Waals surface area (Å²) in [5, 5.41) is 2.73. The van der Waals surface area contributed by atoms with E-state index in [2.05, 4.69) is 39.2 Å². The molecule has 23 heavy (non-hydrogen) atoms. The molecule has 1 unspecified atom stereocenters. The topological polar surface area (TPSA) is 64.6 Å². The second kappa shape index (κ2) is 8.53. The van der Waals surface area contributed by atoms with Crippen LogP contribution in [0.5, 0.6) is 0 Å². The fourth-order valence-corrected chi connectivity index (χ4v) is 3.34. The second-order valence-electron chi connectivity index (χ2n) is 8.19. The van der Waals surface area contributed by atoms with Crippen molar-refractivity contribution in [1.82, 2.24) is 5.32 Å². The molecule has 1 amide bonds. The summed E-state index contributed by atoms with van der Waals surface area (Å²) in [5.74, 6) is 0. The summed E-state index contributed by atoms with van der Waals surface area (Å²) in [7, 11) is -1.88. The maximum absolute atomic E-state index is 11.7. The Bertz CT molecular complexity index is 413. The smallest absolute Gasteiger partial charge is 0.407 e. The van der Waals surface area contributed by atoms with Gasteiger partial charge in [-0.25, -0.2) is 4.79 Å². The molecule has 1 atom stereocenters. The van der Waals surface area contributed by atoms with Crippen LogP contribution in [-0.2, 0) is 14.0 Å². The molecular weight excluding hydrogens is 330 g/mol. The van der Waals surface area contributed by atoms with Crippen LogP contribution in [0, 0.1) is 0 Å². The molecule has 136 valence electrons. The number of ether oxygens (including phenoxy) is 1. The summed E-state index contributed by atoms with van der Waals surface area (Å²) in [6.07, 6.45) is -0.473. The number of nitrogens with one attached hydrogen (secondary N) is 1. The Balaban J connectivity index is 4.60. The molecule has 0 aromatic carbocycles. The molecule has 5 nitrogen and oxygen atoms in total. The lowest BCUT2D eigenvalue weighted by Gasteiger charge is -2.37. The first-order valence-corrected chi connectivity index (χ1v) is 11.7. The first-order chi connectivity index (χ1) is 10.1. The van der Waals surface area contributed by atoms with Crippen molar-refractivity contribution in [3.05, 3.63) is 0 Å². The van der Waals surface area contributed by atoms with Crippen LogP contribution in [-0.4, -0.2) is 43.5 Å². The fraction of sp³-hybridized carbons (Fsp3) is 0.875. The van der Waals surface area contributed by atoms with Gasteiger partial charge in [-0.05, 0) is 38.9 Å². The molecule has 0 bridgehead atoms. The molecule has 0 radical (unpaired) electrons. The molecule has 0 aliphatic rings. The van der Waals surface area contributed by atoms with Crippen molar-refractivity contribution in [3.63, 3.8) is 0 Å². The number of amides is 1. The minimum Gasteiger partial charge on any atom is -0.444 e. The van der Waals surface area contributed by atoms with E-state index in [4.69, 9.17) is 9.16 Å². The van der Waals surface area contributed by atoms with E-state index in [0.29, 0.717) is 13.2 Å². The fourth-order valence-electron chi connectivity index (χ4n) is 1.40. The van der Waals surface area contributed by atoms with Crippen LogP contribution in [0.2, 0.25) is 18.1 Å². The average molecular weight is 364 g/mol. The zero-order valence-corrected chi connectivity index (χ0v) is 17.8. The summed E-state index contributed by atoms with van der Waals surface area (Å²) in [6.45, 7) is 18.6. The number of hydrogen-bond acceptors (Lipinski definition) is 5. The molecule has 0 fully saturated rings. The van der Waals surface area contributed by atoms with Gasteiger partial charge in [-0.15, -0.1) is 0 Å². The summed E-state index contributed by atoms with van der Waals surface area (Å²) in [4.78, 5) is 23.2. The van der Waals surface area contributed by atoms with Gasteiger partial charge in [0.05, 0.1) is 5.25 Å². The van der Waals surface area contributed by atoms with Gasteiger partial charge in [-0.1, -0.05) is 32.5 Å². The van der Waals surface area contributed by atoms with Crippen LogP contribution >= 0.6 is 11.8 Å². The Morgan fingerprint density at radius 2 is 1.65 bits per heavy atom. The number of carbonyl (C=O) groups is 2. The van der Waals surface area contributed by atoms with Crippen molar-refractivity contribution in [1.29, 1.82) is 0 Å². The highest BCUT2D eigenvalue weighted by atomic mass is 32.2. The quantitative estimate of drug-likeness (QED) is 0.717. The maximum Gasteiger partial charge on any atom is 0.407 e. The molecule has 0 heterocycles. The van der Waals surface area contributed by atoms with E-state index in [0.717, 1.165) is 0 Å². The van der Waals surface area contributed by atoms with E-state index in [-0.39, 0.29) is 15.4 Å². The van der Waals surface area contributed by atoms with Gasteiger partial charge >= 0.3 is 6.09 Å². The Morgan fingerprint density at radius 3 is 2.04 bits per heavy atom. The van der Waals surface area contributed by atoms with E-state index >= 15 is 0 Å². The predicted octanol–water partition coefficient (Wildman–Crippen LogP) is 4.18. The van der Waals surface area contributed by atoms with Crippen molar-refractivity contribution in [2.45, 2.75) is 77.4 Å². The van der Waals surface area contributed by atoms with Crippen molar-refractivity contribution in [2.75, 3.05) is 13.2 Å². The van der Waals surface area contributed by atoms with Crippen LogP contribution in [0.1, 0.15) is 48.5 Å². The molecule has 0 aromatic rings. The van der Waals surface area contributed by atoms with Gasteiger partial charge in [0.2, 0.25) is 0 Å². The molecule has 0 spiro atoms. The van der Waals surface area contributed by atoms with Gasteiger partial charge in [-0.3, -0.25) is 4.79 Å². The van der Waals surface area contributed by atoms with Crippen LogP contribution in [0.3, 0.4) is 0 Å². The highest BCUT2D eigenvalue weighted by Gasteiger charge is 2.37. The monoisotopic (exact) mass is 363 g/mol. The summed E-state index contributed by atoms with van der Waals surface area (Å²) >= 11 is 1.20. The van der Waals surface area contributed by atoms with Gasteiger partial charge in [0, 0.05) is 20.1 Å². The van der Waals surface area contributed by atoms with Crippen molar-refractivity contribution >= 4 is 31.3 Å². The third kappa shape index (κ3) is 10.0. The largest absolute Gasteiger partial charge is 0.444 e. The summed E-state index contributed by atoms with van der Waals surface area (Å²) in [6, 6.07) is 0. The van der Waals surface area contributed by atoms with Crippen LogP contribution in [0.15, 0.2) is 0 Å². The lowest BCUT2D eigenvalue weighted by Crippen LogP contribution is -2.44. The molecule has 0 aliphatic heterocycles. The third-order valence-corrected chi connectivity index (χ3v) is 9.11. The van der Waals surface area contributed by atoms with Crippen LogP contribution in [0.4, 0.5) is 4.79 Å². The lowest BCUT2D eigenvalue weighted by atomic mass is 10.2. The van der Waals surface area contributed by atoms with Crippen molar-refractivity contribution in [2.24, 2.45) is 0 Å². The molecule has 0 aliphatic carbocycles. The van der Waals surface area contributed by atoms with Crippen LogP contribution in [0.25, 0.3) is 0 Å². The number of alkyl carbamates (subject to hydrolysis) is 1. The van der Waals surface area contributed by atoms with Gasteiger partial charge < -0.3 is 14.5 Å². The molecule has 0 aromatic heterocycles. The Hall–Kier alpha value is -0.533. The Kier molecular flexibility index (Phi) is 8.33. The SMILES string of the molecule is CC(=O)SC(CNC(=O)OC(C)(C)C)CO[Si](C)(C)C(C)(C)C. The van der Waals surface area contributed by atoms with Gasteiger partial charge in [0.1, 0.15) is 5.60 Å². The zero-order valence-electron chi connectivity index (χ0n) is 16.0. The number of rotatable bonds is 6. The summed E-state index contributed by atoms with van der Waals surface area (Å²) in [5.41, 5.74) is -0.537. The molecule has 1 N–H and O–H groups in total. The van der Waals surface area contributed by atoms with E-state index < -0.39 is 20.0 Å². The normalized spacial score (nSPS) is 14.3. The highest BCUT2D eigenvalue weighted by molar-refractivity contribution is 8.14. The second-order valence-corrected chi connectivity index (χ2v) is 14.5. The number of thioether (sulfide) groups is 1. The molecule has 0 saturated carbocycles. The Morgan fingerprint density at radius 1 is 1.13 bits per heavy atom. The standard InChI is InChI=1S/C16H33NO4SSi/c1-12(18)22-13(10-17-14(19)21-15(2,3)4)11-20-23(8,9)16(5,6)7/h13H,10-11H2,1-9H3,(H,17,19). The van der Waals surface area contributed by atoms with E-state index in [1.165, 1.54) is 18.7 Å². The molecule has 0 saturated heterocycles. The Labute approximate surface area is 146 Å². The maximum atomic E-state index is 11.7. The van der Waals surface area contributed by atoms with Crippen molar-refractivity contribution < 1.29 is 18.8 Å². The molecule has 0 rings (SSSR count). The minimum absolute atomic E-state index is 0.0137. The number of carbonyl (C=O) groups excluding carboxylic acids is 2. The molecule has 7 heteroatoms. The molecular formula is C16H33NO4SSi. The van der Waals surface area contributed by atoms with Gasteiger partial charge in [0.15, 0.2) is 13.4 Å². The predicted molar refractivity (Wildman–Crippen MR) is 99.4 cm³/mol. The first kappa shape index (κ1) is 22.5. The lowest BCUT2D eigenvalue weighted by molar-refractivity contribution is -0.109. The number of hydrogen-bond donors (Lipinski definition) is 1. The van der Waals surface area contributed by atoms with Gasteiger partial charge in [0.25, 0.3) is 0 Å². The van der Waals surface area contributed by atoms with E-state index in [1.807, 2.05) is 20.8 Å². The third-order valence-electron chi connectivity index (χ3n) is 3.64.